The van der Waals surface area contributed by atoms with Crippen LogP contribution in [0.1, 0.15) is 13.3 Å². The standard InChI is InChI=1S/C21H20N2O3S/c1-2-18-21(25)23(10-11-24)17-12-15(8-9-19(17)26-18)16-13-27-20(22-16)14-6-4-3-5-7-14/h3-9,12-13,18,24H,2,10-11H2,1H3. The molecule has 0 saturated carbocycles. The van der Waals surface area contributed by atoms with Crippen molar-refractivity contribution >= 4 is 22.9 Å². The molecule has 1 amide bonds. The number of aliphatic hydroxyl groups excluding tert-OH is 1. The van der Waals surface area contributed by atoms with Crippen molar-refractivity contribution in [3.8, 4) is 27.6 Å². The van der Waals surface area contributed by atoms with Gasteiger partial charge in [0.15, 0.2) is 6.10 Å². The number of anilines is 1. The smallest absolute Gasteiger partial charge is 0.268 e. The van der Waals surface area contributed by atoms with Gasteiger partial charge in [-0.05, 0) is 24.6 Å². The van der Waals surface area contributed by atoms with Gasteiger partial charge in [-0.25, -0.2) is 4.98 Å². The van der Waals surface area contributed by atoms with Crippen LogP contribution in [0.4, 0.5) is 5.69 Å². The van der Waals surface area contributed by atoms with Gasteiger partial charge in [-0.3, -0.25) is 4.79 Å². The summed E-state index contributed by atoms with van der Waals surface area (Å²) in [6.45, 7) is 2.07. The number of thiazole rings is 1. The first-order valence-electron chi connectivity index (χ1n) is 8.95. The molecule has 1 unspecified atom stereocenters. The molecule has 1 aliphatic heterocycles. The second-order valence-corrected chi connectivity index (χ2v) is 7.17. The molecular formula is C21H20N2O3S. The van der Waals surface area contributed by atoms with E-state index >= 15 is 0 Å². The predicted octanol–water partition coefficient (Wildman–Crippen LogP) is 3.97. The van der Waals surface area contributed by atoms with Crippen molar-refractivity contribution in [1.29, 1.82) is 0 Å². The summed E-state index contributed by atoms with van der Waals surface area (Å²) in [5.41, 5.74) is 3.54. The van der Waals surface area contributed by atoms with Crippen LogP contribution >= 0.6 is 11.3 Å². The Hall–Kier alpha value is -2.70. The zero-order chi connectivity index (χ0) is 18.8. The number of benzene rings is 2. The van der Waals surface area contributed by atoms with E-state index in [1.54, 1.807) is 16.2 Å². The summed E-state index contributed by atoms with van der Waals surface area (Å²) in [5.74, 6) is 0.552. The highest BCUT2D eigenvalue weighted by molar-refractivity contribution is 7.13. The number of aliphatic hydroxyl groups is 1. The summed E-state index contributed by atoms with van der Waals surface area (Å²) in [4.78, 5) is 19.0. The highest BCUT2D eigenvalue weighted by Gasteiger charge is 2.33. The number of carbonyl (C=O) groups excluding carboxylic acids is 1. The van der Waals surface area contributed by atoms with Gasteiger partial charge in [-0.2, -0.15) is 0 Å². The van der Waals surface area contributed by atoms with Gasteiger partial charge in [0.05, 0.1) is 18.0 Å². The van der Waals surface area contributed by atoms with E-state index in [0.717, 1.165) is 21.8 Å². The molecule has 0 fully saturated rings. The maximum Gasteiger partial charge on any atom is 0.268 e. The normalized spacial score (nSPS) is 16.1. The Balaban J connectivity index is 1.71. The molecule has 1 N–H and O–H groups in total. The second-order valence-electron chi connectivity index (χ2n) is 6.31. The summed E-state index contributed by atoms with van der Waals surface area (Å²) in [5, 5.41) is 12.4. The van der Waals surface area contributed by atoms with Gasteiger partial charge in [-0.1, -0.05) is 37.3 Å². The predicted molar refractivity (Wildman–Crippen MR) is 107 cm³/mol. The topological polar surface area (TPSA) is 62.7 Å². The fourth-order valence-electron chi connectivity index (χ4n) is 3.19. The number of hydrogen-bond donors (Lipinski definition) is 1. The molecule has 0 bridgehead atoms. The molecular weight excluding hydrogens is 360 g/mol. The maximum atomic E-state index is 12.6. The minimum atomic E-state index is -0.501. The number of fused-ring (bicyclic) bond motifs is 1. The van der Waals surface area contributed by atoms with Gasteiger partial charge < -0.3 is 14.7 Å². The Kier molecular flexibility index (Phi) is 4.92. The molecule has 0 spiro atoms. The fourth-order valence-corrected chi connectivity index (χ4v) is 4.03. The molecule has 1 aliphatic rings. The van der Waals surface area contributed by atoms with Gasteiger partial charge in [0.1, 0.15) is 10.8 Å². The first-order valence-corrected chi connectivity index (χ1v) is 9.83. The average molecular weight is 380 g/mol. The third kappa shape index (κ3) is 3.34. The molecule has 0 saturated heterocycles. The Labute approximate surface area is 161 Å². The van der Waals surface area contributed by atoms with Crippen LogP contribution in [0, 0.1) is 0 Å². The molecule has 27 heavy (non-hydrogen) atoms. The van der Waals surface area contributed by atoms with E-state index in [9.17, 15) is 9.90 Å². The van der Waals surface area contributed by atoms with E-state index in [1.165, 1.54) is 0 Å². The third-order valence-electron chi connectivity index (χ3n) is 4.58. The molecule has 1 aromatic heterocycles. The van der Waals surface area contributed by atoms with Gasteiger partial charge >= 0.3 is 0 Å². The number of amides is 1. The molecule has 6 heteroatoms. The Morgan fingerprint density at radius 2 is 2.00 bits per heavy atom. The lowest BCUT2D eigenvalue weighted by Gasteiger charge is -2.34. The SMILES string of the molecule is CCC1Oc2ccc(-c3csc(-c4ccccc4)n3)cc2N(CCO)C1=O. The van der Waals surface area contributed by atoms with Crippen molar-refractivity contribution < 1.29 is 14.6 Å². The number of carbonyl (C=O) groups is 1. The number of nitrogens with zero attached hydrogens (tertiary/aromatic N) is 2. The van der Waals surface area contributed by atoms with Crippen molar-refractivity contribution in [3.63, 3.8) is 0 Å². The van der Waals surface area contributed by atoms with E-state index in [0.29, 0.717) is 17.9 Å². The van der Waals surface area contributed by atoms with Crippen LogP contribution in [0.25, 0.3) is 21.8 Å². The zero-order valence-corrected chi connectivity index (χ0v) is 15.8. The van der Waals surface area contributed by atoms with Gasteiger partial charge in [0.2, 0.25) is 0 Å². The van der Waals surface area contributed by atoms with Crippen molar-refractivity contribution in [3.05, 3.63) is 53.9 Å². The number of rotatable bonds is 5. The Morgan fingerprint density at radius 3 is 2.74 bits per heavy atom. The molecule has 138 valence electrons. The summed E-state index contributed by atoms with van der Waals surface area (Å²) in [6.07, 6.45) is 0.0907. The lowest BCUT2D eigenvalue weighted by molar-refractivity contribution is -0.126. The minimum absolute atomic E-state index is 0.0965. The number of hydrogen-bond acceptors (Lipinski definition) is 5. The fraction of sp³-hybridized carbons (Fsp3) is 0.238. The van der Waals surface area contributed by atoms with Gasteiger partial charge in [0.25, 0.3) is 5.91 Å². The van der Waals surface area contributed by atoms with Gasteiger partial charge in [0, 0.05) is 23.1 Å². The Bertz CT molecular complexity index is 955. The number of aromatic nitrogens is 1. The van der Waals surface area contributed by atoms with Crippen LogP contribution in [-0.4, -0.2) is 35.3 Å². The molecule has 0 radical (unpaired) electrons. The van der Waals surface area contributed by atoms with E-state index in [1.807, 2.05) is 60.8 Å². The summed E-state index contributed by atoms with van der Waals surface area (Å²) in [6, 6.07) is 15.8. The van der Waals surface area contributed by atoms with Crippen molar-refractivity contribution in [2.45, 2.75) is 19.4 Å². The average Bonchev–Trinajstić information content (AvgIpc) is 3.20. The van der Waals surface area contributed by atoms with Crippen LogP contribution < -0.4 is 9.64 Å². The highest BCUT2D eigenvalue weighted by Crippen LogP contribution is 2.38. The molecule has 5 nitrogen and oxygen atoms in total. The summed E-state index contributed by atoms with van der Waals surface area (Å²) in [7, 11) is 0. The molecule has 2 heterocycles. The van der Waals surface area contributed by atoms with Crippen LogP contribution in [0.2, 0.25) is 0 Å². The van der Waals surface area contributed by atoms with Crippen molar-refractivity contribution in [2.24, 2.45) is 0 Å². The second kappa shape index (κ2) is 7.50. The third-order valence-corrected chi connectivity index (χ3v) is 5.47. The number of ether oxygens (including phenoxy) is 1. The van der Waals surface area contributed by atoms with Crippen LogP contribution in [0.3, 0.4) is 0 Å². The molecule has 1 atom stereocenters. The van der Waals surface area contributed by atoms with E-state index < -0.39 is 6.10 Å². The number of β-amino-alcohol motifs (C(OH)–C–C–N with tert-alkyl or cyclic N) is 1. The van der Waals surface area contributed by atoms with E-state index in [2.05, 4.69) is 0 Å². The van der Waals surface area contributed by atoms with Crippen LogP contribution in [-0.2, 0) is 4.79 Å². The van der Waals surface area contributed by atoms with Crippen molar-refractivity contribution in [2.75, 3.05) is 18.1 Å². The van der Waals surface area contributed by atoms with Gasteiger partial charge in [-0.15, -0.1) is 11.3 Å². The van der Waals surface area contributed by atoms with Crippen LogP contribution in [0.15, 0.2) is 53.9 Å². The lowest BCUT2D eigenvalue weighted by atomic mass is 10.1. The summed E-state index contributed by atoms with van der Waals surface area (Å²) < 4.78 is 5.84. The molecule has 2 aromatic carbocycles. The van der Waals surface area contributed by atoms with E-state index in [4.69, 9.17) is 9.72 Å². The zero-order valence-electron chi connectivity index (χ0n) is 15.0. The Morgan fingerprint density at radius 1 is 1.19 bits per heavy atom. The summed E-state index contributed by atoms with van der Waals surface area (Å²) >= 11 is 1.59. The van der Waals surface area contributed by atoms with Crippen LogP contribution in [0.5, 0.6) is 5.75 Å². The molecule has 3 aromatic rings. The maximum absolute atomic E-state index is 12.6. The quantitative estimate of drug-likeness (QED) is 0.727. The first-order chi connectivity index (χ1) is 13.2. The first kappa shape index (κ1) is 17.7. The van der Waals surface area contributed by atoms with E-state index in [-0.39, 0.29) is 19.1 Å². The lowest BCUT2D eigenvalue weighted by Crippen LogP contribution is -2.46. The largest absolute Gasteiger partial charge is 0.478 e. The highest BCUT2D eigenvalue weighted by atomic mass is 32.1. The minimum Gasteiger partial charge on any atom is -0.478 e. The molecule has 4 rings (SSSR count). The van der Waals surface area contributed by atoms with Crippen molar-refractivity contribution in [1.82, 2.24) is 4.98 Å². The monoisotopic (exact) mass is 380 g/mol. The molecule has 0 aliphatic carbocycles.